The minimum atomic E-state index is -1.47. The summed E-state index contributed by atoms with van der Waals surface area (Å²) in [6.45, 7) is 18.5. The van der Waals surface area contributed by atoms with Gasteiger partial charge in [0.1, 0.15) is 35.8 Å². The van der Waals surface area contributed by atoms with Crippen LogP contribution in [-0.4, -0.2) is 133 Å². The second-order valence-corrected chi connectivity index (χ2v) is 23.2. The number of fused-ring (bicyclic) bond motifs is 2. The summed E-state index contributed by atoms with van der Waals surface area (Å²) in [5.74, 6) is -5.68. The van der Waals surface area contributed by atoms with Crippen LogP contribution >= 0.6 is 0 Å². The van der Waals surface area contributed by atoms with Crippen LogP contribution in [-0.2, 0) is 44.7 Å². The number of nitrogens with zero attached hydrogens (tertiary/aromatic N) is 1. The lowest BCUT2D eigenvalue weighted by Gasteiger charge is -2.51. The van der Waals surface area contributed by atoms with E-state index in [0.29, 0.717) is 43.2 Å². The molecule has 9 N–H and O–H groups in total. The highest BCUT2D eigenvalue weighted by Crippen LogP contribution is 2.43. The van der Waals surface area contributed by atoms with Gasteiger partial charge in [-0.2, -0.15) is 0 Å². The standard InChI is InChI=1S/C60H91N5O13/c1-11-43-29-39(8)60(63-55(43)72)38(7)28-37(6)52(78-60)33-50(70)35(4)18-13-12-14-19-36(5)51-32-45(68)22-16-24-49(69)41(10)54(71)46(26-25-40(9)66)56(73)62-53(34(2)3)57(74)61-48(31-42-20-15-21-44(67)30-42)58(75)65-27-17-23-47(64-65)59(76)77-51/h12,14-16,19-21,24,28,30,34-35,37,39,41,43,45-54,64,67-71H,11,13,17-18,22-23,25-27,29,31-33H2,1-10H3,(H,61,74)(H,62,73)(H,63,72)/b14-12+,24-16+,36-19+/t35-,37+,39-,41-,43-,45?,46+,47?,48-,49-,50-,51-,52-,53-,54+,60-/m0/s1. The predicted octanol–water partition coefficient (Wildman–Crippen LogP) is 5.55. The number of hydrogen-bond acceptors (Lipinski definition) is 14. The summed E-state index contributed by atoms with van der Waals surface area (Å²) in [5, 5.41) is 66.1. The summed E-state index contributed by atoms with van der Waals surface area (Å²) in [4.78, 5) is 82.2. The van der Waals surface area contributed by atoms with Gasteiger partial charge in [0.05, 0.1) is 36.4 Å². The van der Waals surface area contributed by atoms with E-state index in [1.165, 1.54) is 30.1 Å². The number of cyclic esters (lactones) is 1. The zero-order chi connectivity index (χ0) is 57.6. The number of phenols is 1. The number of aromatic hydroxyl groups is 1. The van der Waals surface area contributed by atoms with Gasteiger partial charge in [-0.1, -0.05) is 97.1 Å². The Hall–Kier alpha value is -5.24. The molecule has 2 saturated heterocycles. The molecule has 4 aliphatic rings. The molecule has 5 rings (SSSR count). The number of rotatable bonds is 15. The number of hydrogen-bond donors (Lipinski definition) is 9. The van der Waals surface area contributed by atoms with E-state index in [9.17, 15) is 54.3 Å². The number of benzene rings is 1. The van der Waals surface area contributed by atoms with Crippen molar-refractivity contribution in [1.29, 1.82) is 0 Å². The molecule has 18 heteroatoms. The first-order valence-electron chi connectivity index (χ1n) is 28.4. The second-order valence-electron chi connectivity index (χ2n) is 23.2. The number of hydrazine groups is 1. The highest BCUT2D eigenvalue weighted by atomic mass is 16.5. The molecule has 78 heavy (non-hydrogen) atoms. The van der Waals surface area contributed by atoms with Gasteiger partial charge in [0.2, 0.25) is 17.7 Å². The zero-order valence-corrected chi connectivity index (χ0v) is 47.7. The molecule has 2 bridgehead atoms. The van der Waals surface area contributed by atoms with Crippen molar-refractivity contribution in [2.75, 3.05) is 6.54 Å². The molecule has 434 valence electrons. The van der Waals surface area contributed by atoms with Crippen LogP contribution in [0.15, 0.2) is 71.9 Å². The number of esters is 1. The molecule has 18 nitrogen and oxygen atoms in total. The van der Waals surface area contributed by atoms with Gasteiger partial charge in [-0.3, -0.25) is 29.0 Å². The molecular weight excluding hydrogens is 999 g/mol. The van der Waals surface area contributed by atoms with Crippen molar-refractivity contribution in [2.24, 2.45) is 41.4 Å². The Balaban J connectivity index is 1.35. The highest BCUT2D eigenvalue weighted by Gasteiger charge is 2.51. The predicted molar refractivity (Wildman–Crippen MR) is 295 cm³/mol. The maximum atomic E-state index is 14.5. The number of carbonyl (C=O) groups excluding carboxylic acids is 6. The van der Waals surface area contributed by atoms with Crippen molar-refractivity contribution in [3.05, 3.63) is 77.4 Å². The Morgan fingerprint density at radius 2 is 1.72 bits per heavy atom. The number of nitrogens with one attached hydrogen (secondary N) is 4. The maximum Gasteiger partial charge on any atom is 0.325 e. The second kappa shape index (κ2) is 29.3. The molecule has 2 unspecified atom stereocenters. The highest BCUT2D eigenvalue weighted by molar-refractivity contribution is 5.93. The van der Waals surface area contributed by atoms with Gasteiger partial charge in [0.25, 0.3) is 5.91 Å². The van der Waals surface area contributed by atoms with E-state index in [0.717, 1.165) is 18.4 Å². The lowest BCUT2D eigenvalue weighted by atomic mass is 9.75. The van der Waals surface area contributed by atoms with Gasteiger partial charge < -0.3 is 55.8 Å². The topological polar surface area (TPSA) is 273 Å². The van der Waals surface area contributed by atoms with Crippen molar-refractivity contribution in [3.63, 3.8) is 0 Å². The van der Waals surface area contributed by atoms with Crippen molar-refractivity contribution in [1.82, 2.24) is 26.4 Å². The molecular formula is C60H91N5O13. The molecule has 4 amide bonds. The third kappa shape index (κ3) is 17.1. The number of phenolic OH excluding ortho intramolecular Hbond substituents is 1. The van der Waals surface area contributed by atoms with Crippen molar-refractivity contribution >= 4 is 35.4 Å². The van der Waals surface area contributed by atoms with Crippen molar-refractivity contribution in [3.8, 4) is 5.75 Å². The van der Waals surface area contributed by atoms with E-state index in [4.69, 9.17) is 9.47 Å². The van der Waals surface area contributed by atoms with Crippen LogP contribution in [0.4, 0.5) is 0 Å². The molecule has 4 aliphatic heterocycles. The Kier molecular flexibility index (Phi) is 23.9. The first-order valence-corrected chi connectivity index (χ1v) is 28.4. The summed E-state index contributed by atoms with van der Waals surface area (Å²) in [7, 11) is 0. The number of carbonyl (C=O) groups is 6. The fraction of sp³-hybridized carbons (Fsp3) is 0.667. The minimum Gasteiger partial charge on any atom is -0.508 e. The Bertz CT molecular complexity index is 2350. The summed E-state index contributed by atoms with van der Waals surface area (Å²) in [5.41, 5.74) is 4.25. The van der Waals surface area contributed by atoms with E-state index in [-0.39, 0.29) is 85.9 Å². The van der Waals surface area contributed by atoms with E-state index < -0.39 is 95.8 Å². The van der Waals surface area contributed by atoms with Crippen LogP contribution in [0, 0.1) is 41.4 Å². The SMILES string of the molecule is CC[C@H]1C[C@H](C)[C@@]2(NC1=O)O[C@@H](C[C@H](O)[C@@H](C)CC/C=C/C=C(\C)[C@@H]1CC(O)C/C=C/[C@H](O)[C@H](C)[C@@H](O)[C@@H](CCC(C)=O)C(=O)N[C@@H](C(C)C)C(=O)N[C@@H](Cc3cccc(O)c3)C(=O)N3CCCC(N3)C(=O)O1)[C@H](C)C=C2C. The van der Waals surface area contributed by atoms with Gasteiger partial charge in [-0.15, -0.1) is 0 Å². The quantitative estimate of drug-likeness (QED) is 0.0592. The third-order valence-corrected chi connectivity index (χ3v) is 16.5. The van der Waals surface area contributed by atoms with Crippen LogP contribution < -0.4 is 21.4 Å². The van der Waals surface area contributed by atoms with Crippen LogP contribution in [0.25, 0.3) is 0 Å². The average molecular weight is 1090 g/mol. The number of ether oxygens (including phenoxy) is 2. The molecule has 1 spiro atoms. The van der Waals surface area contributed by atoms with Gasteiger partial charge in [0.15, 0.2) is 5.72 Å². The molecule has 0 saturated carbocycles. The lowest BCUT2D eigenvalue weighted by molar-refractivity contribution is -0.179. The van der Waals surface area contributed by atoms with E-state index in [1.54, 1.807) is 52.0 Å². The van der Waals surface area contributed by atoms with E-state index in [2.05, 4.69) is 41.3 Å². The van der Waals surface area contributed by atoms with Crippen molar-refractivity contribution in [2.45, 2.75) is 207 Å². The molecule has 1 aromatic rings. The summed E-state index contributed by atoms with van der Waals surface area (Å²) in [6, 6.07) is 2.78. The molecule has 0 aliphatic carbocycles. The lowest BCUT2D eigenvalue weighted by Crippen LogP contribution is -2.64. The summed E-state index contributed by atoms with van der Waals surface area (Å²) >= 11 is 0. The van der Waals surface area contributed by atoms with Crippen LogP contribution in [0.1, 0.15) is 145 Å². The van der Waals surface area contributed by atoms with Crippen LogP contribution in [0.5, 0.6) is 5.75 Å². The number of amides is 4. The Morgan fingerprint density at radius 1 is 0.987 bits per heavy atom. The smallest absolute Gasteiger partial charge is 0.325 e. The van der Waals surface area contributed by atoms with Crippen LogP contribution in [0.2, 0.25) is 0 Å². The van der Waals surface area contributed by atoms with Crippen molar-refractivity contribution < 1.29 is 63.8 Å². The number of Topliss-reactive ketones (excluding diaryl/α,β-unsaturated/α-hetero) is 1. The molecule has 4 heterocycles. The first-order chi connectivity index (χ1) is 36.8. The number of aliphatic hydroxyl groups excluding tert-OH is 4. The summed E-state index contributed by atoms with van der Waals surface area (Å²) < 4.78 is 12.9. The molecule has 0 aromatic heterocycles. The molecule has 0 radical (unpaired) electrons. The fourth-order valence-electron chi connectivity index (χ4n) is 11.2. The van der Waals surface area contributed by atoms with Gasteiger partial charge >= 0.3 is 5.97 Å². The number of aliphatic hydroxyl groups is 4. The fourth-order valence-corrected chi connectivity index (χ4v) is 11.2. The van der Waals surface area contributed by atoms with E-state index in [1.807, 2.05) is 32.9 Å². The van der Waals surface area contributed by atoms with E-state index >= 15 is 0 Å². The molecule has 16 atom stereocenters. The van der Waals surface area contributed by atoms with Gasteiger partial charge in [-0.05, 0) is 113 Å². The van der Waals surface area contributed by atoms with Gasteiger partial charge in [-0.25, -0.2) is 5.43 Å². The normalized spacial score (nSPS) is 33.7. The average Bonchev–Trinajstić information content (AvgIpc) is 3.38. The number of piperidine rings is 1. The Labute approximate surface area is 461 Å². The molecule has 2 fully saturated rings. The first kappa shape index (κ1) is 63.6. The summed E-state index contributed by atoms with van der Waals surface area (Å²) in [6.07, 6.45) is 8.65. The number of allylic oxidation sites excluding steroid dienone is 3. The zero-order valence-electron chi connectivity index (χ0n) is 47.7. The number of ketones is 1. The van der Waals surface area contributed by atoms with Crippen LogP contribution in [0.3, 0.4) is 0 Å². The van der Waals surface area contributed by atoms with Gasteiger partial charge in [0, 0.05) is 55.9 Å². The largest absolute Gasteiger partial charge is 0.508 e. The third-order valence-electron chi connectivity index (χ3n) is 16.5. The Morgan fingerprint density at radius 3 is 2.40 bits per heavy atom. The monoisotopic (exact) mass is 1090 g/mol. The molecule has 1 aromatic carbocycles. The maximum absolute atomic E-state index is 14.5. The minimum absolute atomic E-state index is 0.00118.